The second-order valence-electron chi connectivity index (χ2n) is 15.1. The number of hydrogen-bond acceptors (Lipinski definition) is 5. The van der Waals surface area contributed by atoms with Crippen molar-refractivity contribution < 1.29 is 22.0 Å². The lowest BCUT2D eigenvalue weighted by Crippen LogP contribution is -2.43. The normalized spacial score (nSPS) is 19.9. The first-order valence-corrected chi connectivity index (χ1v) is 20.9. The van der Waals surface area contributed by atoms with Gasteiger partial charge in [-0.3, -0.25) is 4.79 Å². The summed E-state index contributed by atoms with van der Waals surface area (Å²) in [6.45, 7) is 8.08. The van der Waals surface area contributed by atoms with Crippen LogP contribution in [0.3, 0.4) is 0 Å². The minimum absolute atomic E-state index is 0.0168. The Labute approximate surface area is 300 Å². The van der Waals surface area contributed by atoms with Crippen LogP contribution in [0.1, 0.15) is 44.2 Å². The first-order chi connectivity index (χ1) is 24.3. The van der Waals surface area contributed by atoms with Gasteiger partial charge in [0.1, 0.15) is 5.78 Å². The second kappa shape index (κ2) is 12.0. The lowest BCUT2D eigenvalue weighted by atomic mass is 9.70. The summed E-state index contributed by atoms with van der Waals surface area (Å²) < 4.78 is 51.1. The van der Waals surface area contributed by atoms with Crippen molar-refractivity contribution in [2.24, 2.45) is 16.7 Å². The summed E-state index contributed by atoms with van der Waals surface area (Å²) in [6.07, 6.45) is 1.79. The van der Waals surface area contributed by atoms with E-state index >= 15 is 4.57 Å². The van der Waals surface area contributed by atoms with Crippen molar-refractivity contribution >= 4 is 60.5 Å². The van der Waals surface area contributed by atoms with Crippen molar-refractivity contribution in [2.75, 3.05) is 5.75 Å². The quantitative estimate of drug-likeness (QED) is 0.116. The zero-order chi connectivity index (χ0) is 35.8. The molecule has 51 heavy (non-hydrogen) atoms. The van der Waals surface area contributed by atoms with E-state index in [1.54, 1.807) is 6.07 Å². The molecule has 0 aliphatic heterocycles. The van der Waals surface area contributed by atoms with Gasteiger partial charge in [0.25, 0.3) is 0 Å². The molecule has 2 atom stereocenters. The smallest absolute Gasteiger partial charge is 0.310 e. The van der Waals surface area contributed by atoms with Gasteiger partial charge in [0.15, 0.2) is 12.9 Å². The molecular formula is C44H41O5PS. The molecule has 0 N–H and O–H groups in total. The minimum Gasteiger partial charge on any atom is -0.382 e. The van der Waals surface area contributed by atoms with E-state index in [4.69, 9.17) is 4.18 Å². The molecule has 0 saturated heterocycles. The number of carbonyl (C=O) groups excluding carboxylic acids is 1. The van der Waals surface area contributed by atoms with E-state index in [1.165, 1.54) is 0 Å². The van der Waals surface area contributed by atoms with Crippen LogP contribution in [0.4, 0.5) is 0 Å². The number of benzene rings is 6. The molecule has 6 aromatic rings. The molecule has 8 rings (SSSR count). The predicted octanol–water partition coefficient (Wildman–Crippen LogP) is 9.02. The Bertz CT molecular complexity index is 2470. The summed E-state index contributed by atoms with van der Waals surface area (Å²) in [6, 6.07) is 38.9. The number of carbonyl (C=O) groups is 1. The highest BCUT2D eigenvalue weighted by molar-refractivity contribution is 7.87. The topological polar surface area (TPSA) is 77.5 Å². The van der Waals surface area contributed by atoms with Gasteiger partial charge in [-0.05, 0) is 71.7 Å². The number of fused-ring (bicyclic) bond motifs is 4. The Kier molecular flexibility index (Phi) is 7.94. The average Bonchev–Trinajstić information content (AvgIpc) is 3.45. The molecular weight excluding hydrogens is 672 g/mol. The van der Waals surface area contributed by atoms with Crippen LogP contribution >= 0.6 is 7.14 Å². The van der Waals surface area contributed by atoms with Crippen molar-refractivity contribution in [3.8, 4) is 16.9 Å². The molecule has 0 amide bonds. The van der Waals surface area contributed by atoms with Gasteiger partial charge < -0.3 is 8.75 Å². The summed E-state index contributed by atoms with van der Waals surface area (Å²) >= 11 is 0. The number of aryl methyl sites for hydroxylation is 2. The zero-order valence-electron chi connectivity index (χ0n) is 29.3. The lowest BCUT2D eigenvalue weighted by molar-refractivity contribution is -0.128. The summed E-state index contributed by atoms with van der Waals surface area (Å²) in [4.78, 5) is 13.4. The summed E-state index contributed by atoms with van der Waals surface area (Å²) in [5, 5.41) is 5.38. The fraction of sp³-hybridized carbons (Fsp3) is 0.250. The Hall–Kier alpha value is -4.51. The van der Waals surface area contributed by atoms with E-state index in [0.29, 0.717) is 39.9 Å². The highest BCUT2D eigenvalue weighted by atomic mass is 32.2. The number of rotatable bonds is 8. The van der Waals surface area contributed by atoms with Gasteiger partial charge >= 0.3 is 10.1 Å². The van der Waals surface area contributed by atoms with Gasteiger partial charge in [0.05, 0.1) is 11.2 Å². The molecule has 5 nitrogen and oxygen atoms in total. The Morgan fingerprint density at radius 3 is 1.76 bits per heavy atom. The van der Waals surface area contributed by atoms with E-state index in [2.05, 4.69) is 0 Å². The van der Waals surface area contributed by atoms with Crippen LogP contribution in [0.2, 0.25) is 0 Å². The van der Waals surface area contributed by atoms with Crippen LogP contribution in [-0.4, -0.2) is 20.0 Å². The van der Waals surface area contributed by atoms with Crippen molar-refractivity contribution in [1.29, 1.82) is 0 Å². The molecule has 258 valence electrons. The third-order valence-corrected chi connectivity index (χ3v) is 16.3. The van der Waals surface area contributed by atoms with Crippen LogP contribution in [-0.2, 0) is 19.5 Å². The fourth-order valence-electron chi connectivity index (χ4n) is 8.88. The highest BCUT2D eigenvalue weighted by Gasteiger charge is 2.65. The van der Waals surface area contributed by atoms with Crippen molar-refractivity contribution in [1.82, 2.24) is 0 Å². The molecule has 0 aromatic heterocycles. The molecule has 2 bridgehead atoms. The van der Waals surface area contributed by atoms with Crippen LogP contribution in [0, 0.1) is 30.6 Å². The van der Waals surface area contributed by atoms with E-state index in [-0.39, 0.29) is 23.2 Å². The van der Waals surface area contributed by atoms with Crippen LogP contribution in [0.15, 0.2) is 121 Å². The summed E-state index contributed by atoms with van der Waals surface area (Å²) in [5.41, 5.74) is 1.91. The second-order valence-corrected chi connectivity index (χ2v) is 19.4. The first kappa shape index (κ1) is 33.6. The fourth-order valence-corrected chi connectivity index (χ4v) is 13.5. The van der Waals surface area contributed by atoms with E-state index in [1.807, 2.05) is 143 Å². The predicted molar refractivity (Wildman–Crippen MR) is 209 cm³/mol. The third kappa shape index (κ3) is 5.29. The molecule has 0 spiro atoms. The molecule has 2 aliphatic rings. The Morgan fingerprint density at radius 1 is 0.706 bits per heavy atom. The van der Waals surface area contributed by atoms with Crippen molar-refractivity contribution in [3.05, 3.63) is 132 Å². The van der Waals surface area contributed by atoms with E-state index in [0.717, 1.165) is 39.1 Å². The maximum Gasteiger partial charge on any atom is 0.310 e. The van der Waals surface area contributed by atoms with Gasteiger partial charge in [0.2, 0.25) is 0 Å². The lowest BCUT2D eigenvalue weighted by Gasteiger charge is -2.35. The molecule has 2 aliphatic carbocycles. The molecule has 0 radical (unpaired) electrons. The number of hydrogen-bond donors (Lipinski definition) is 0. The maximum absolute atomic E-state index is 16.2. The van der Waals surface area contributed by atoms with Gasteiger partial charge in [-0.1, -0.05) is 134 Å². The Morgan fingerprint density at radius 2 is 1.24 bits per heavy atom. The maximum atomic E-state index is 16.2. The van der Waals surface area contributed by atoms with Crippen molar-refractivity contribution in [2.45, 2.75) is 47.0 Å². The van der Waals surface area contributed by atoms with Gasteiger partial charge in [-0.2, -0.15) is 8.42 Å². The van der Waals surface area contributed by atoms with E-state index in [9.17, 15) is 13.2 Å². The molecule has 2 fully saturated rings. The summed E-state index contributed by atoms with van der Waals surface area (Å²) in [7, 11) is -7.85. The summed E-state index contributed by atoms with van der Waals surface area (Å²) in [5.74, 6) is -0.0299. The largest absolute Gasteiger partial charge is 0.382 e. The Balaban J connectivity index is 1.41. The monoisotopic (exact) mass is 712 g/mol. The number of ketones is 1. The molecule has 0 unspecified atom stereocenters. The number of Topliss-reactive ketones (excluding diaryl/α,β-unsaturated/α-hetero) is 1. The SMILES string of the molecule is Cc1ccc(P(=O)(c2ccc(C)cc2)c2ccc3ccccc3c2-c2c(OS(=O)(=O)C[C@]34CC[C@H](CC3=O)C4(C)C)ccc3ccccc23)cc1. The van der Waals surface area contributed by atoms with E-state index < -0.39 is 28.1 Å². The molecule has 6 aromatic carbocycles. The third-order valence-electron chi connectivity index (χ3n) is 12.0. The average molecular weight is 713 g/mol. The van der Waals surface area contributed by atoms with Gasteiger partial charge in [-0.15, -0.1) is 0 Å². The van der Waals surface area contributed by atoms with Crippen LogP contribution in [0.5, 0.6) is 5.75 Å². The van der Waals surface area contributed by atoms with Crippen LogP contribution in [0.25, 0.3) is 32.7 Å². The first-order valence-electron chi connectivity index (χ1n) is 17.6. The van der Waals surface area contributed by atoms with Crippen molar-refractivity contribution in [3.63, 3.8) is 0 Å². The molecule has 7 heteroatoms. The van der Waals surface area contributed by atoms with Gasteiger partial charge in [0, 0.05) is 33.5 Å². The standard InChI is InChI=1S/C44H41O5PS/c1-29-13-19-34(20-14-29)50(46,35-21-15-30(2)16-22-35)39-24-18-32-10-6-8-12-37(32)42(39)41-36-11-7-5-9-31(36)17-23-38(41)49-51(47,48)28-44-26-25-33(27-40(44)45)43(44,3)4/h5-24,33H,25-28H2,1-4H3/t33-,44-/m1/s1. The zero-order valence-corrected chi connectivity index (χ0v) is 31.1. The minimum atomic E-state index is -4.27. The molecule has 0 heterocycles. The highest BCUT2D eigenvalue weighted by Crippen LogP contribution is 2.64. The van der Waals surface area contributed by atoms with Gasteiger partial charge in [-0.25, -0.2) is 0 Å². The van der Waals surface area contributed by atoms with Crippen LogP contribution < -0.4 is 20.1 Å². The molecule has 2 saturated carbocycles.